The summed E-state index contributed by atoms with van der Waals surface area (Å²) < 4.78 is 0.748. The van der Waals surface area contributed by atoms with Crippen LogP contribution in [0, 0.1) is 0 Å². The molecule has 0 unspecified atom stereocenters. The lowest BCUT2D eigenvalue weighted by atomic mass is 10.2. The molecule has 10 heavy (non-hydrogen) atoms. The highest BCUT2D eigenvalue weighted by molar-refractivity contribution is 7.14. The molecule has 0 aliphatic carbocycles. The monoisotopic (exact) mass is 176 g/mol. The summed E-state index contributed by atoms with van der Waals surface area (Å²) in [4.78, 5) is 0. The quantitative estimate of drug-likeness (QED) is 0.715. The van der Waals surface area contributed by atoms with Crippen LogP contribution in [0.5, 0.6) is 0 Å². The highest BCUT2D eigenvalue weighted by atomic mass is 35.5. The first-order chi connectivity index (χ1) is 4.75. The second-order valence-electron chi connectivity index (χ2n) is 1.99. The second kappa shape index (κ2) is 3.34. The summed E-state index contributed by atoms with van der Waals surface area (Å²) >= 11 is 7.27. The SMILES string of the molecule is NC[C@@H](N)c1ccsc1Cl. The Balaban J connectivity index is 2.82. The molecule has 0 amide bonds. The topological polar surface area (TPSA) is 52.0 Å². The third-order valence-electron chi connectivity index (χ3n) is 1.30. The van der Waals surface area contributed by atoms with Gasteiger partial charge in [0.25, 0.3) is 0 Å². The van der Waals surface area contributed by atoms with Gasteiger partial charge in [-0.05, 0) is 17.0 Å². The van der Waals surface area contributed by atoms with Gasteiger partial charge in [-0.2, -0.15) is 0 Å². The molecule has 0 aliphatic rings. The van der Waals surface area contributed by atoms with E-state index >= 15 is 0 Å². The van der Waals surface area contributed by atoms with Crippen LogP contribution in [0.3, 0.4) is 0 Å². The molecule has 0 bridgehead atoms. The van der Waals surface area contributed by atoms with E-state index in [0.717, 1.165) is 9.90 Å². The molecule has 0 saturated carbocycles. The number of halogens is 1. The van der Waals surface area contributed by atoms with Crippen molar-refractivity contribution < 1.29 is 0 Å². The zero-order chi connectivity index (χ0) is 7.56. The Morgan fingerprint density at radius 1 is 1.70 bits per heavy atom. The number of hydrogen-bond acceptors (Lipinski definition) is 3. The van der Waals surface area contributed by atoms with Gasteiger partial charge in [0.2, 0.25) is 0 Å². The Morgan fingerprint density at radius 2 is 2.40 bits per heavy atom. The maximum atomic E-state index is 5.80. The van der Waals surface area contributed by atoms with Crippen molar-refractivity contribution >= 4 is 22.9 Å². The fourth-order valence-electron chi connectivity index (χ4n) is 0.697. The van der Waals surface area contributed by atoms with E-state index in [1.807, 2.05) is 11.4 Å². The van der Waals surface area contributed by atoms with Gasteiger partial charge < -0.3 is 11.5 Å². The van der Waals surface area contributed by atoms with E-state index < -0.39 is 0 Å². The van der Waals surface area contributed by atoms with Crippen LogP contribution in [0.4, 0.5) is 0 Å². The van der Waals surface area contributed by atoms with Crippen LogP contribution < -0.4 is 11.5 Å². The maximum Gasteiger partial charge on any atom is 0.0976 e. The van der Waals surface area contributed by atoms with Crippen LogP contribution in [0.15, 0.2) is 11.4 Å². The second-order valence-corrected chi connectivity index (χ2v) is 3.51. The van der Waals surface area contributed by atoms with Crippen molar-refractivity contribution in [1.29, 1.82) is 0 Å². The van der Waals surface area contributed by atoms with Crippen molar-refractivity contribution in [3.63, 3.8) is 0 Å². The normalized spacial score (nSPS) is 13.5. The summed E-state index contributed by atoms with van der Waals surface area (Å²) in [5.74, 6) is 0. The molecule has 0 spiro atoms. The maximum absolute atomic E-state index is 5.80. The molecule has 1 aromatic heterocycles. The summed E-state index contributed by atoms with van der Waals surface area (Å²) in [5.41, 5.74) is 11.9. The first-order valence-electron chi connectivity index (χ1n) is 2.94. The summed E-state index contributed by atoms with van der Waals surface area (Å²) in [6.45, 7) is 0.441. The Kier molecular flexibility index (Phi) is 2.68. The van der Waals surface area contributed by atoms with E-state index in [1.165, 1.54) is 11.3 Å². The van der Waals surface area contributed by atoms with E-state index in [2.05, 4.69) is 0 Å². The molecule has 0 radical (unpaired) electrons. The lowest BCUT2D eigenvalue weighted by molar-refractivity contribution is 0.740. The molecule has 1 aromatic rings. The molecule has 56 valence electrons. The number of rotatable bonds is 2. The molecule has 0 fully saturated rings. The predicted octanol–water partition coefficient (Wildman–Crippen LogP) is 1.36. The summed E-state index contributed by atoms with van der Waals surface area (Å²) in [6, 6.07) is 1.79. The zero-order valence-electron chi connectivity index (χ0n) is 5.38. The number of hydrogen-bond donors (Lipinski definition) is 2. The smallest absolute Gasteiger partial charge is 0.0976 e. The molecule has 0 aromatic carbocycles. The average molecular weight is 177 g/mol. The first kappa shape index (κ1) is 8.01. The Bertz CT molecular complexity index is 211. The van der Waals surface area contributed by atoms with Crippen LogP contribution in [0.2, 0.25) is 4.34 Å². The predicted molar refractivity (Wildman–Crippen MR) is 45.3 cm³/mol. The van der Waals surface area contributed by atoms with Gasteiger partial charge in [-0.15, -0.1) is 11.3 Å². The van der Waals surface area contributed by atoms with Crippen LogP contribution >= 0.6 is 22.9 Å². The first-order valence-corrected chi connectivity index (χ1v) is 4.20. The van der Waals surface area contributed by atoms with Crippen molar-refractivity contribution in [2.24, 2.45) is 11.5 Å². The minimum absolute atomic E-state index is 0.112. The van der Waals surface area contributed by atoms with Crippen LogP contribution in [0.25, 0.3) is 0 Å². The Hall–Kier alpha value is -0.0900. The highest BCUT2D eigenvalue weighted by Crippen LogP contribution is 2.26. The largest absolute Gasteiger partial charge is 0.329 e. The van der Waals surface area contributed by atoms with Gasteiger partial charge in [0.1, 0.15) is 0 Å². The molecular formula is C6H9ClN2S. The van der Waals surface area contributed by atoms with E-state index in [9.17, 15) is 0 Å². The molecule has 0 saturated heterocycles. The van der Waals surface area contributed by atoms with Crippen LogP contribution in [-0.4, -0.2) is 6.54 Å². The van der Waals surface area contributed by atoms with Gasteiger partial charge in [-0.1, -0.05) is 11.6 Å². The lowest BCUT2D eigenvalue weighted by Crippen LogP contribution is -2.20. The zero-order valence-corrected chi connectivity index (χ0v) is 6.95. The summed E-state index contributed by atoms with van der Waals surface area (Å²) in [6.07, 6.45) is 0. The van der Waals surface area contributed by atoms with Crippen LogP contribution in [-0.2, 0) is 0 Å². The van der Waals surface area contributed by atoms with Gasteiger partial charge in [0.05, 0.1) is 4.34 Å². The van der Waals surface area contributed by atoms with Crippen molar-refractivity contribution in [3.8, 4) is 0 Å². The summed E-state index contributed by atoms with van der Waals surface area (Å²) in [7, 11) is 0. The Labute approximate surface area is 68.8 Å². The highest BCUT2D eigenvalue weighted by Gasteiger charge is 2.07. The minimum atomic E-state index is -0.112. The molecule has 4 heteroatoms. The van der Waals surface area contributed by atoms with E-state index in [0.29, 0.717) is 6.54 Å². The summed E-state index contributed by atoms with van der Waals surface area (Å²) in [5, 5.41) is 1.91. The fourth-order valence-corrected chi connectivity index (χ4v) is 1.74. The van der Waals surface area contributed by atoms with Gasteiger partial charge in [-0.25, -0.2) is 0 Å². The molecule has 1 atom stereocenters. The van der Waals surface area contributed by atoms with E-state index in [1.54, 1.807) is 0 Å². The molecule has 1 heterocycles. The van der Waals surface area contributed by atoms with Crippen molar-refractivity contribution in [1.82, 2.24) is 0 Å². The number of thiophene rings is 1. The van der Waals surface area contributed by atoms with Crippen molar-refractivity contribution in [2.45, 2.75) is 6.04 Å². The van der Waals surface area contributed by atoms with Gasteiger partial charge >= 0.3 is 0 Å². The molecule has 2 nitrogen and oxygen atoms in total. The van der Waals surface area contributed by atoms with Crippen LogP contribution in [0.1, 0.15) is 11.6 Å². The van der Waals surface area contributed by atoms with E-state index in [4.69, 9.17) is 23.1 Å². The fraction of sp³-hybridized carbons (Fsp3) is 0.333. The van der Waals surface area contributed by atoms with Gasteiger partial charge in [0, 0.05) is 12.6 Å². The third-order valence-corrected chi connectivity index (χ3v) is 2.50. The molecule has 4 N–H and O–H groups in total. The van der Waals surface area contributed by atoms with E-state index in [-0.39, 0.29) is 6.04 Å². The third kappa shape index (κ3) is 1.49. The Morgan fingerprint density at radius 3 is 2.80 bits per heavy atom. The van der Waals surface area contributed by atoms with Gasteiger partial charge in [0.15, 0.2) is 0 Å². The van der Waals surface area contributed by atoms with Crippen molar-refractivity contribution in [2.75, 3.05) is 6.54 Å². The lowest BCUT2D eigenvalue weighted by Gasteiger charge is -2.05. The minimum Gasteiger partial charge on any atom is -0.329 e. The molecule has 1 rings (SSSR count). The van der Waals surface area contributed by atoms with Crippen molar-refractivity contribution in [3.05, 3.63) is 21.3 Å². The number of nitrogens with two attached hydrogens (primary N) is 2. The molecule has 0 aliphatic heterocycles. The standard InChI is InChI=1S/C6H9ClN2S/c7-6-4(1-2-10-6)5(9)3-8/h1-2,5H,3,8-9H2/t5-/m1/s1. The molecular weight excluding hydrogens is 168 g/mol. The van der Waals surface area contributed by atoms with Gasteiger partial charge in [-0.3, -0.25) is 0 Å². The average Bonchev–Trinajstić information content (AvgIpc) is 2.34.